The smallest absolute Gasteiger partial charge is 0.266 e. The normalized spacial score (nSPS) is 13.5. The predicted molar refractivity (Wildman–Crippen MR) is 81.6 cm³/mol. The van der Waals surface area contributed by atoms with E-state index in [2.05, 4.69) is 9.35 Å². The van der Waals surface area contributed by atoms with Gasteiger partial charge >= 0.3 is 0 Å². The summed E-state index contributed by atoms with van der Waals surface area (Å²) in [7, 11) is -2.74. The monoisotopic (exact) mass is 306 g/mol. The molecular formula is C14H14N2O2S2. The van der Waals surface area contributed by atoms with E-state index in [4.69, 9.17) is 0 Å². The van der Waals surface area contributed by atoms with Gasteiger partial charge in [0.15, 0.2) is 0 Å². The van der Waals surface area contributed by atoms with Gasteiger partial charge in [0.05, 0.1) is 15.3 Å². The van der Waals surface area contributed by atoms with E-state index in [1.807, 2.05) is 12.3 Å². The zero-order valence-electron chi connectivity index (χ0n) is 11.1. The minimum absolute atomic E-state index is 0.380. The molecule has 0 unspecified atom stereocenters. The maximum absolute atomic E-state index is 12.6. The third-order valence-electron chi connectivity index (χ3n) is 2.63. The van der Waals surface area contributed by atoms with E-state index in [0.717, 1.165) is 0 Å². The maximum atomic E-state index is 12.6. The average molecular weight is 306 g/mol. The Balaban J connectivity index is 2.45. The van der Waals surface area contributed by atoms with Gasteiger partial charge in [0.2, 0.25) is 0 Å². The van der Waals surface area contributed by atoms with Crippen LogP contribution in [0.25, 0.3) is 0 Å². The lowest BCUT2D eigenvalue weighted by Gasteiger charge is -2.05. The number of nitrogens with zero attached hydrogens (tertiary/aromatic N) is 2. The van der Waals surface area contributed by atoms with Gasteiger partial charge in [0, 0.05) is 17.3 Å². The van der Waals surface area contributed by atoms with Crippen molar-refractivity contribution in [2.45, 2.75) is 9.92 Å². The first-order valence-corrected chi connectivity index (χ1v) is 9.00. The lowest BCUT2D eigenvalue weighted by atomic mass is 10.3. The molecule has 0 bridgehead atoms. The predicted octanol–water partition coefficient (Wildman–Crippen LogP) is 3.10. The van der Waals surface area contributed by atoms with Crippen molar-refractivity contribution >= 4 is 27.4 Å². The molecule has 104 valence electrons. The van der Waals surface area contributed by atoms with E-state index in [1.54, 1.807) is 42.6 Å². The van der Waals surface area contributed by atoms with Crippen molar-refractivity contribution in [3.05, 3.63) is 54.2 Å². The average Bonchev–Trinajstić information content (AvgIpc) is 2.47. The van der Waals surface area contributed by atoms with Crippen LogP contribution in [0.4, 0.5) is 0 Å². The van der Waals surface area contributed by atoms with Crippen molar-refractivity contribution in [1.29, 1.82) is 0 Å². The Bertz CT molecular complexity index is 736. The van der Waals surface area contributed by atoms with Crippen LogP contribution in [-0.2, 0) is 9.73 Å². The van der Waals surface area contributed by atoms with Crippen LogP contribution in [0.1, 0.15) is 10.4 Å². The minimum atomic E-state index is -2.74. The molecule has 6 heteroatoms. The lowest BCUT2D eigenvalue weighted by molar-refractivity contribution is 0.100. The maximum Gasteiger partial charge on any atom is 0.288 e. The minimum Gasteiger partial charge on any atom is -0.266 e. The first-order chi connectivity index (χ1) is 9.54. The number of benzene rings is 1. The van der Waals surface area contributed by atoms with Gasteiger partial charge in [-0.1, -0.05) is 18.2 Å². The number of pyridine rings is 1. The number of hydrogen-bond donors (Lipinski definition) is 0. The highest BCUT2D eigenvalue weighted by Gasteiger charge is 2.14. The third-order valence-corrected chi connectivity index (χ3v) is 5.01. The van der Waals surface area contributed by atoms with Crippen molar-refractivity contribution in [3.63, 3.8) is 0 Å². The molecule has 0 N–H and O–H groups in total. The summed E-state index contributed by atoms with van der Waals surface area (Å²) in [5, 5.41) is 0.588. The molecule has 0 aliphatic heterocycles. The van der Waals surface area contributed by atoms with E-state index in [1.165, 1.54) is 18.0 Å². The summed E-state index contributed by atoms with van der Waals surface area (Å²) < 4.78 is 16.4. The molecule has 1 amide bonds. The van der Waals surface area contributed by atoms with Crippen molar-refractivity contribution in [2.75, 3.05) is 12.5 Å². The zero-order valence-corrected chi connectivity index (χ0v) is 12.8. The molecule has 0 spiro atoms. The molecular weight excluding hydrogens is 292 g/mol. The molecule has 1 aromatic heterocycles. The number of rotatable bonds is 3. The Morgan fingerprint density at radius 2 is 1.90 bits per heavy atom. The number of amides is 1. The molecule has 0 saturated carbocycles. The summed E-state index contributed by atoms with van der Waals surface area (Å²) in [5.41, 5.74) is 0.380. The molecule has 2 rings (SSSR count). The summed E-state index contributed by atoms with van der Waals surface area (Å²) in [6, 6.07) is 12.1. The topological polar surface area (TPSA) is 59.4 Å². The fraction of sp³-hybridized carbons (Fsp3) is 0.143. The molecule has 0 fully saturated rings. The van der Waals surface area contributed by atoms with Crippen molar-refractivity contribution < 1.29 is 9.00 Å². The molecule has 0 radical (unpaired) electrons. The SMILES string of the molecule is CSc1ncccc1C(=O)N=[S@@](C)(=O)c1ccccc1. The second-order valence-corrected chi connectivity index (χ2v) is 7.13. The first-order valence-electron chi connectivity index (χ1n) is 5.85. The Labute approximate surface area is 122 Å². The van der Waals surface area contributed by atoms with Crippen LogP contribution in [0.2, 0.25) is 0 Å². The standard InChI is InChI=1S/C14H14N2O2S2/c1-19-14-12(9-6-10-15-14)13(17)16-20(2,18)11-7-4-3-5-8-11/h3-10H,1-2H3/t20-/m0/s1. The molecule has 2 aromatic rings. The van der Waals surface area contributed by atoms with E-state index >= 15 is 0 Å². The lowest BCUT2D eigenvalue weighted by Crippen LogP contribution is -2.05. The van der Waals surface area contributed by atoms with Crippen LogP contribution in [-0.4, -0.2) is 27.6 Å². The molecule has 0 aliphatic rings. The number of aromatic nitrogens is 1. The van der Waals surface area contributed by atoms with Crippen LogP contribution >= 0.6 is 11.8 Å². The van der Waals surface area contributed by atoms with Gasteiger partial charge < -0.3 is 0 Å². The summed E-state index contributed by atoms with van der Waals surface area (Å²) >= 11 is 1.36. The van der Waals surface area contributed by atoms with Crippen molar-refractivity contribution in [1.82, 2.24) is 4.98 Å². The van der Waals surface area contributed by atoms with E-state index < -0.39 is 15.6 Å². The van der Waals surface area contributed by atoms with E-state index in [9.17, 15) is 9.00 Å². The number of thioether (sulfide) groups is 1. The number of carbonyl (C=O) groups excluding carboxylic acids is 1. The third kappa shape index (κ3) is 3.26. The van der Waals surface area contributed by atoms with E-state index in [-0.39, 0.29) is 0 Å². The quantitative estimate of drug-likeness (QED) is 0.818. The second-order valence-electron chi connectivity index (χ2n) is 4.07. The first kappa shape index (κ1) is 14.7. The highest BCUT2D eigenvalue weighted by Crippen LogP contribution is 2.19. The van der Waals surface area contributed by atoms with Gasteiger partial charge in [-0.25, -0.2) is 9.19 Å². The molecule has 1 atom stereocenters. The van der Waals surface area contributed by atoms with Crippen molar-refractivity contribution in [3.8, 4) is 0 Å². The van der Waals surface area contributed by atoms with Crippen LogP contribution < -0.4 is 0 Å². The van der Waals surface area contributed by atoms with Gasteiger partial charge in [-0.15, -0.1) is 11.8 Å². The van der Waals surface area contributed by atoms with Gasteiger partial charge in [-0.3, -0.25) is 4.79 Å². The molecule has 0 aliphatic carbocycles. The summed E-state index contributed by atoms with van der Waals surface area (Å²) in [6.45, 7) is 0. The van der Waals surface area contributed by atoms with Crippen LogP contribution in [0.5, 0.6) is 0 Å². The summed E-state index contributed by atoms with van der Waals surface area (Å²) in [5.74, 6) is -0.501. The van der Waals surface area contributed by atoms with Crippen molar-refractivity contribution in [2.24, 2.45) is 4.36 Å². The largest absolute Gasteiger partial charge is 0.288 e. The Morgan fingerprint density at radius 1 is 1.20 bits per heavy atom. The highest BCUT2D eigenvalue weighted by atomic mass is 32.2. The number of hydrogen-bond acceptors (Lipinski definition) is 4. The molecule has 20 heavy (non-hydrogen) atoms. The fourth-order valence-corrected chi connectivity index (χ4v) is 3.37. The van der Waals surface area contributed by atoms with Gasteiger partial charge in [0.1, 0.15) is 5.03 Å². The zero-order chi connectivity index (χ0) is 14.6. The number of carbonyl (C=O) groups is 1. The van der Waals surface area contributed by atoms with Crippen LogP contribution in [0.15, 0.2) is 62.9 Å². The summed E-state index contributed by atoms with van der Waals surface area (Å²) in [6.07, 6.45) is 4.91. The molecule has 4 nitrogen and oxygen atoms in total. The fourth-order valence-electron chi connectivity index (χ4n) is 1.65. The Morgan fingerprint density at radius 3 is 2.55 bits per heavy atom. The van der Waals surface area contributed by atoms with Crippen LogP contribution in [0, 0.1) is 0 Å². The Hall–Kier alpha value is -1.66. The van der Waals surface area contributed by atoms with Gasteiger partial charge in [0.25, 0.3) is 5.91 Å². The molecule has 1 heterocycles. The van der Waals surface area contributed by atoms with Gasteiger partial charge in [-0.05, 0) is 30.5 Å². The Kier molecular flexibility index (Phi) is 4.57. The van der Waals surface area contributed by atoms with Crippen LogP contribution in [0.3, 0.4) is 0 Å². The highest BCUT2D eigenvalue weighted by molar-refractivity contribution is 7.98. The van der Waals surface area contributed by atoms with Gasteiger partial charge in [-0.2, -0.15) is 4.36 Å². The molecule has 1 aromatic carbocycles. The second kappa shape index (κ2) is 6.19. The van der Waals surface area contributed by atoms with E-state index in [0.29, 0.717) is 15.5 Å². The molecule has 0 saturated heterocycles. The summed E-state index contributed by atoms with van der Waals surface area (Å²) in [4.78, 5) is 16.9.